The highest BCUT2D eigenvalue weighted by Gasteiger charge is 2.36. The molecular weight excluding hydrogens is 340 g/mol. The van der Waals surface area contributed by atoms with Gasteiger partial charge in [-0.1, -0.05) is 12.1 Å². The number of benzene rings is 1. The minimum absolute atomic E-state index is 0.0212. The second kappa shape index (κ2) is 8.09. The van der Waals surface area contributed by atoms with Crippen molar-refractivity contribution in [3.8, 4) is 5.75 Å². The summed E-state index contributed by atoms with van der Waals surface area (Å²) in [6.45, 7) is 8.82. The van der Waals surface area contributed by atoms with Gasteiger partial charge in [0.2, 0.25) is 0 Å². The average molecular weight is 368 g/mol. The summed E-state index contributed by atoms with van der Waals surface area (Å²) in [7, 11) is 0. The molecule has 0 bridgehead atoms. The second-order valence-corrected chi connectivity index (χ2v) is 7.75. The van der Waals surface area contributed by atoms with E-state index in [1.165, 1.54) is 5.56 Å². The van der Waals surface area contributed by atoms with Crippen molar-refractivity contribution in [2.75, 3.05) is 13.2 Å². The van der Waals surface area contributed by atoms with Gasteiger partial charge in [0.25, 0.3) is 5.91 Å². The fourth-order valence-electron chi connectivity index (χ4n) is 3.28. The molecule has 1 N–H and O–H groups in total. The van der Waals surface area contributed by atoms with E-state index in [2.05, 4.69) is 10.3 Å². The zero-order valence-corrected chi connectivity index (χ0v) is 16.5. The van der Waals surface area contributed by atoms with E-state index < -0.39 is 5.60 Å². The maximum Gasteiger partial charge on any atom is 0.263 e. The Kier molecular flexibility index (Phi) is 5.80. The van der Waals surface area contributed by atoms with E-state index in [0.717, 1.165) is 23.3 Å². The van der Waals surface area contributed by atoms with Crippen LogP contribution in [0.3, 0.4) is 0 Å². The van der Waals surface area contributed by atoms with Crippen LogP contribution in [0.4, 0.5) is 0 Å². The summed E-state index contributed by atoms with van der Waals surface area (Å²) in [6, 6.07) is 9.88. The Morgan fingerprint density at radius 2 is 1.96 bits per heavy atom. The van der Waals surface area contributed by atoms with Crippen LogP contribution in [0.25, 0.3) is 0 Å². The number of pyridine rings is 1. The second-order valence-electron chi connectivity index (χ2n) is 7.75. The Bertz CT molecular complexity index is 789. The maximum absolute atomic E-state index is 12.9. The van der Waals surface area contributed by atoms with E-state index in [-0.39, 0.29) is 17.9 Å². The van der Waals surface area contributed by atoms with Gasteiger partial charge in [0, 0.05) is 18.3 Å². The van der Waals surface area contributed by atoms with Gasteiger partial charge in [-0.2, -0.15) is 0 Å². The number of amides is 1. The van der Waals surface area contributed by atoms with Crippen molar-refractivity contribution in [1.82, 2.24) is 10.3 Å². The van der Waals surface area contributed by atoms with Crippen molar-refractivity contribution in [1.29, 1.82) is 0 Å². The number of aromatic nitrogens is 1. The summed E-state index contributed by atoms with van der Waals surface area (Å²) in [4.78, 5) is 17.0. The Morgan fingerprint density at radius 1 is 1.22 bits per heavy atom. The smallest absolute Gasteiger partial charge is 0.263 e. The fourth-order valence-corrected chi connectivity index (χ4v) is 3.28. The molecule has 1 aromatic heterocycles. The van der Waals surface area contributed by atoms with Gasteiger partial charge in [-0.3, -0.25) is 9.78 Å². The molecule has 2 heterocycles. The fraction of sp³-hybridized carbons (Fsp3) is 0.455. The third kappa shape index (κ3) is 4.66. The van der Waals surface area contributed by atoms with Crippen LogP contribution in [0, 0.1) is 19.8 Å². The Balaban J connectivity index is 1.65. The lowest BCUT2D eigenvalue weighted by Gasteiger charge is -2.29. The van der Waals surface area contributed by atoms with E-state index >= 15 is 0 Å². The van der Waals surface area contributed by atoms with Crippen molar-refractivity contribution in [3.05, 3.63) is 59.4 Å². The molecule has 5 nitrogen and oxygen atoms in total. The maximum atomic E-state index is 12.9. The van der Waals surface area contributed by atoms with Gasteiger partial charge < -0.3 is 14.8 Å². The molecule has 1 aliphatic rings. The molecule has 0 aliphatic carbocycles. The van der Waals surface area contributed by atoms with Crippen LogP contribution >= 0.6 is 0 Å². The number of carbonyl (C=O) groups is 1. The zero-order valence-electron chi connectivity index (χ0n) is 16.5. The molecule has 0 spiro atoms. The molecule has 1 saturated heterocycles. The topological polar surface area (TPSA) is 60.5 Å². The van der Waals surface area contributed by atoms with Gasteiger partial charge in [0.1, 0.15) is 5.75 Å². The first-order valence-corrected chi connectivity index (χ1v) is 9.39. The van der Waals surface area contributed by atoms with E-state index in [1.807, 2.05) is 44.2 Å². The number of hydrogen-bond donors (Lipinski definition) is 1. The monoisotopic (exact) mass is 368 g/mol. The van der Waals surface area contributed by atoms with Crippen LogP contribution in [0.15, 0.2) is 42.7 Å². The van der Waals surface area contributed by atoms with Gasteiger partial charge in [-0.15, -0.1) is 0 Å². The first-order chi connectivity index (χ1) is 12.9. The van der Waals surface area contributed by atoms with E-state index in [4.69, 9.17) is 9.47 Å². The highest BCUT2D eigenvalue weighted by atomic mass is 16.5. The van der Waals surface area contributed by atoms with Crippen LogP contribution in [0.5, 0.6) is 5.75 Å². The van der Waals surface area contributed by atoms with Crippen molar-refractivity contribution < 1.29 is 14.3 Å². The van der Waals surface area contributed by atoms with Gasteiger partial charge in [-0.05, 0) is 69.0 Å². The summed E-state index contributed by atoms with van der Waals surface area (Å²) in [5.74, 6) is 0.859. The molecule has 3 rings (SSSR count). The minimum Gasteiger partial charge on any atom is -0.478 e. The standard InChI is InChI=1S/C22H28N2O3/c1-15-6-5-7-20(16(15)2)27-22(3,4)21(25)24-19-14-26-13-18(19)12-17-8-10-23-11-9-17/h5-11,18-19H,12-14H2,1-4H3,(H,24,25). The number of aryl methyl sites for hydroxylation is 1. The average Bonchev–Trinajstić information content (AvgIpc) is 3.06. The molecule has 1 aliphatic heterocycles. The summed E-state index contributed by atoms with van der Waals surface area (Å²) in [5.41, 5.74) is 2.43. The normalized spacial score (nSPS) is 19.7. The Hall–Kier alpha value is -2.40. The largest absolute Gasteiger partial charge is 0.478 e. The first-order valence-electron chi connectivity index (χ1n) is 9.39. The third-order valence-electron chi connectivity index (χ3n) is 5.23. The van der Waals surface area contributed by atoms with Crippen molar-refractivity contribution >= 4 is 5.91 Å². The number of ether oxygens (including phenoxy) is 2. The summed E-state index contributed by atoms with van der Waals surface area (Å²) in [5, 5.41) is 3.14. The van der Waals surface area contributed by atoms with Crippen molar-refractivity contribution in [2.24, 2.45) is 5.92 Å². The molecule has 1 amide bonds. The first kappa shape index (κ1) is 19.4. The number of nitrogens with zero attached hydrogens (tertiary/aromatic N) is 1. The molecule has 2 aromatic rings. The molecule has 0 saturated carbocycles. The SMILES string of the molecule is Cc1cccc(OC(C)(C)C(=O)NC2COCC2Cc2ccncc2)c1C. The molecule has 144 valence electrons. The highest BCUT2D eigenvalue weighted by molar-refractivity contribution is 5.85. The van der Waals surface area contributed by atoms with Crippen molar-refractivity contribution in [2.45, 2.75) is 45.8 Å². The van der Waals surface area contributed by atoms with Gasteiger partial charge in [0.15, 0.2) is 5.60 Å². The lowest BCUT2D eigenvalue weighted by Crippen LogP contribution is -2.52. The quantitative estimate of drug-likeness (QED) is 0.850. The number of hydrogen-bond acceptors (Lipinski definition) is 4. The van der Waals surface area contributed by atoms with Gasteiger partial charge >= 0.3 is 0 Å². The summed E-state index contributed by atoms with van der Waals surface area (Å²) in [6.07, 6.45) is 4.44. The zero-order chi connectivity index (χ0) is 19.4. The van der Waals surface area contributed by atoms with Gasteiger partial charge in [-0.25, -0.2) is 0 Å². The molecule has 2 unspecified atom stereocenters. The molecule has 1 aromatic carbocycles. The number of rotatable bonds is 6. The Morgan fingerprint density at radius 3 is 2.70 bits per heavy atom. The van der Waals surface area contributed by atoms with Gasteiger partial charge in [0.05, 0.1) is 19.3 Å². The summed E-state index contributed by atoms with van der Waals surface area (Å²) >= 11 is 0. The minimum atomic E-state index is -0.970. The lowest BCUT2D eigenvalue weighted by atomic mass is 9.94. The van der Waals surface area contributed by atoms with Crippen LogP contribution < -0.4 is 10.1 Å². The van der Waals surface area contributed by atoms with Crippen molar-refractivity contribution in [3.63, 3.8) is 0 Å². The molecular formula is C22H28N2O3. The van der Waals surface area contributed by atoms with Crippen LogP contribution in [-0.4, -0.2) is 35.7 Å². The van der Waals surface area contributed by atoms with E-state index in [9.17, 15) is 4.79 Å². The Labute approximate surface area is 161 Å². The predicted molar refractivity (Wildman–Crippen MR) is 105 cm³/mol. The highest BCUT2D eigenvalue weighted by Crippen LogP contribution is 2.26. The number of carbonyl (C=O) groups excluding carboxylic acids is 1. The third-order valence-corrected chi connectivity index (χ3v) is 5.23. The number of nitrogens with one attached hydrogen (secondary N) is 1. The lowest BCUT2D eigenvalue weighted by molar-refractivity contribution is -0.135. The summed E-state index contributed by atoms with van der Waals surface area (Å²) < 4.78 is 11.7. The van der Waals surface area contributed by atoms with E-state index in [0.29, 0.717) is 13.2 Å². The molecule has 5 heteroatoms. The molecule has 2 atom stereocenters. The molecule has 1 fully saturated rings. The van der Waals surface area contributed by atoms with Crippen LogP contribution in [0.2, 0.25) is 0 Å². The van der Waals surface area contributed by atoms with Crippen LogP contribution in [-0.2, 0) is 16.0 Å². The predicted octanol–water partition coefficient (Wildman–Crippen LogP) is 3.23. The molecule has 0 radical (unpaired) electrons. The molecule has 27 heavy (non-hydrogen) atoms. The van der Waals surface area contributed by atoms with Crippen LogP contribution in [0.1, 0.15) is 30.5 Å². The van der Waals surface area contributed by atoms with E-state index in [1.54, 1.807) is 26.2 Å².